The molecule has 1 N–H and O–H groups in total. The van der Waals surface area contributed by atoms with Gasteiger partial charge in [0.05, 0.1) is 11.7 Å². The highest BCUT2D eigenvalue weighted by Gasteiger charge is 2.17. The quantitative estimate of drug-likeness (QED) is 0.933. The molecule has 94 valence electrons. The highest BCUT2D eigenvalue weighted by molar-refractivity contribution is 9.10. The first-order chi connectivity index (χ1) is 8.63. The Morgan fingerprint density at radius 3 is 2.67 bits per heavy atom. The number of nitrogens with zero attached hydrogens (tertiary/aromatic N) is 1. The third kappa shape index (κ3) is 2.62. The summed E-state index contributed by atoms with van der Waals surface area (Å²) in [5, 5.41) is 3.35. The Hall–Kier alpha value is -1.19. The summed E-state index contributed by atoms with van der Waals surface area (Å²) >= 11 is 3.58. The van der Waals surface area contributed by atoms with E-state index in [1.165, 1.54) is 16.7 Å². The zero-order valence-electron chi connectivity index (χ0n) is 10.9. The smallest absolute Gasteiger partial charge is 0.0763 e. The van der Waals surface area contributed by atoms with E-state index >= 15 is 0 Å². The van der Waals surface area contributed by atoms with E-state index in [9.17, 15) is 0 Å². The molecule has 1 aromatic carbocycles. The molecule has 0 aliphatic rings. The van der Waals surface area contributed by atoms with Crippen molar-refractivity contribution in [2.75, 3.05) is 7.05 Å². The zero-order valence-corrected chi connectivity index (χ0v) is 12.5. The Labute approximate surface area is 117 Å². The van der Waals surface area contributed by atoms with E-state index in [1.54, 1.807) is 0 Å². The lowest BCUT2D eigenvalue weighted by atomic mass is 9.96. The molecule has 0 fully saturated rings. The van der Waals surface area contributed by atoms with Gasteiger partial charge in [0.1, 0.15) is 0 Å². The molecule has 2 rings (SSSR count). The molecule has 3 heteroatoms. The fraction of sp³-hybridized carbons (Fsp3) is 0.267. The lowest BCUT2D eigenvalue weighted by Crippen LogP contribution is -2.20. The van der Waals surface area contributed by atoms with Crippen LogP contribution >= 0.6 is 15.9 Å². The van der Waals surface area contributed by atoms with Crippen LogP contribution in [-0.4, -0.2) is 12.0 Å². The molecule has 0 saturated carbocycles. The second-order valence-corrected chi connectivity index (χ2v) is 5.31. The largest absolute Gasteiger partial charge is 0.308 e. The van der Waals surface area contributed by atoms with Gasteiger partial charge in [-0.2, -0.15) is 0 Å². The van der Waals surface area contributed by atoms with Gasteiger partial charge >= 0.3 is 0 Å². The first-order valence-electron chi connectivity index (χ1n) is 5.98. The van der Waals surface area contributed by atoms with Crippen LogP contribution < -0.4 is 5.32 Å². The number of aryl methyl sites for hydroxylation is 2. The summed E-state index contributed by atoms with van der Waals surface area (Å²) in [6, 6.07) is 10.6. The molecule has 18 heavy (non-hydrogen) atoms. The summed E-state index contributed by atoms with van der Waals surface area (Å²) < 4.78 is 1.03. The summed E-state index contributed by atoms with van der Waals surface area (Å²) in [4.78, 5) is 4.49. The molecule has 0 aliphatic heterocycles. The van der Waals surface area contributed by atoms with Crippen LogP contribution in [0.1, 0.15) is 28.4 Å². The van der Waals surface area contributed by atoms with Crippen molar-refractivity contribution in [2.45, 2.75) is 19.9 Å². The van der Waals surface area contributed by atoms with Gasteiger partial charge in [0.2, 0.25) is 0 Å². The van der Waals surface area contributed by atoms with Crippen LogP contribution in [0.25, 0.3) is 0 Å². The minimum atomic E-state index is 0.112. The van der Waals surface area contributed by atoms with Gasteiger partial charge in [0.15, 0.2) is 0 Å². The fourth-order valence-electron chi connectivity index (χ4n) is 2.12. The second kappa shape index (κ2) is 5.63. The van der Waals surface area contributed by atoms with Crippen molar-refractivity contribution in [2.24, 2.45) is 0 Å². The van der Waals surface area contributed by atoms with Crippen LogP contribution in [0.5, 0.6) is 0 Å². The summed E-state index contributed by atoms with van der Waals surface area (Å²) in [6.07, 6.45) is 1.83. The SMILES string of the molecule is CNC(c1cc(C)ccc1C)c1ncccc1Br. The maximum absolute atomic E-state index is 4.49. The van der Waals surface area contributed by atoms with Crippen LogP contribution in [0.2, 0.25) is 0 Å². The third-order valence-corrected chi connectivity index (χ3v) is 3.77. The molecule has 0 bridgehead atoms. The number of benzene rings is 1. The predicted molar refractivity (Wildman–Crippen MR) is 78.8 cm³/mol. The van der Waals surface area contributed by atoms with Crippen molar-refractivity contribution in [3.63, 3.8) is 0 Å². The molecule has 1 unspecified atom stereocenters. The molecule has 1 heterocycles. The molecule has 1 atom stereocenters. The van der Waals surface area contributed by atoms with E-state index < -0.39 is 0 Å². The number of aromatic nitrogens is 1. The predicted octanol–water partition coefficient (Wildman–Crippen LogP) is 3.77. The van der Waals surface area contributed by atoms with Crippen molar-refractivity contribution in [3.05, 3.63) is 63.4 Å². The van der Waals surface area contributed by atoms with Gasteiger partial charge in [0, 0.05) is 10.7 Å². The minimum absolute atomic E-state index is 0.112. The molecule has 2 aromatic rings. The van der Waals surface area contributed by atoms with Crippen molar-refractivity contribution >= 4 is 15.9 Å². The molecular weight excluding hydrogens is 288 g/mol. The van der Waals surface area contributed by atoms with Crippen LogP contribution in [0.3, 0.4) is 0 Å². The Balaban J connectivity index is 2.52. The zero-order chi connectivity index (χ0) is 13.1. The summed E-state index contributed by atoms with van der Waals surface area (Å²) in [5.74, 6) is 0. The van der Waals surface area contributed by atoms with E-state index in [2.05, 4.69) is 58.3 Å². The van der Waals surface area contributed by atoms with Crippen LogP contribution in [0.4, 0.5) is 0 Å². The summed E-state index contributed by atoms with van der Waals surface area (Å²) in [5.41, 5.74) is 4.84. The first-order valence-corrected chi connectivity index (χ1v) is 6.77. The van der Waals surface area contributed by atoms with Crippen molar-refractivity contribution in [1.82, 2.24) is 10.3 Å². The topological polar surface area (TPSA) is 24.9 Å². The van der Waals surface area contributed by atoms with Gasteiger partial charge in [-0.05, 0) is 60.1 Å². The van der Waals surface area contributed by atoms with E-state index in [0.717, 1.165) is 10.2 Å². The Morgan fingerprint density at radius 1 is 1.22 bits per heavy atom. The molecule has 2 nitrogen and oxygen atoms in total. The number of hydrogen-bond acceptors (Lipinski definition) is 2. The molecule has 1 aromatic heterocycles. The molecule has 0 radical (unpaired) electrons. The van der Waals surface area contributed by atoms with Gasteiger partial charge < -0.3 is 5.32 Å². The third-order valence-electron chi connectivity index (χ3n) is 3.09. The van der Waals surface area contributed by atoms with Gasteiger partial charge in [0.25, 0.3) is 0 Å². The van der Waals surface area contributed by atoms with Gasteiger partial charge in [-0.25, -0.2) is 0 Å². The van der Waals surface area contributed by atoms with Gasteiger partial charge in [-0.3, -0.25) is 4.98 Å². The van der Waals surface area contributed by atoms with E-state index in [4.69, 9.17) is 0 Å². The van der Waals surface area contributed by atoms with Gasteiger partial charge in [-0.1, -0.05) is 23.8 Å². The monoisotopic (exact) mass is 304 g/mol. The molecule has 0 saturated heterocycles. The number of nitrogens with one attached hydrogen (secondary N) is 1. The average molecular weight is 305 g/mol. The first kappa shape index (κ1) is 13.2. The standard InChI is InChI=1S/C15H17BrN2/c1-10-6-7-11(2)12(9-10)14(17-3)15-13(16)5-4-8-18-15/h4-9,14,17H,1-3H3. The van der Waals surface area contributed by atoms with E-state index in [1.807, 2.05) is 25.4 Å². The molecule has 0 spiro atoms. The van der Waals surface area contributed by atoms with Gasteiger partial charge in [-0.15, -0.1) is 0 Å². The number of halogens is 1. The summed E-state index contributed by atoms with van der Waals surface area (Å²) in [7, 11) is 1.97. The van der Waals surface area contributed by atoms with Crippen LogP contribution in [0, 0.1) is 13.8 Å². The highest BCUT2D eigenvalue weighted by atomic mass is 79.9. The van der Waals surface area contributed by atoms with Crippen molar-refractivity contribution in [3.8, 4) is 0 Å². The molecule has 0 aliphatic carbocycles. The van der Waals surface area contributed by atoms with Crippen molar-refractivity contribution < 1.29 is 0 Å². The maximum atomic E-state index is 4.49. The average Bonchev–Trinajstić information content (AvgIpc) is 2.36. The molecular formula is C15H17BrN2. The number of pyridine rings is 1. The molecule has 0 amide bonds. The lowest BCUT2D eigenvalue weighted by molar-refractivity contribution is 0.663. The lowest BCUT2D eigenvalue weighted by Gasteiger charge is -2.20. The highest BCUT2D eigenvalue weighted by Crippen LogP contribution is 2.28. The second-order valence-electron chi connectivity index (χ2n) is 4.45. The number of rotatable bonds is 3. The Morgan fingerprint density at radius 2 is 2.00 bits per heavy atom. The number of hydrogen-bond donors (Lipinski definition) is 1. The Kier molecular flexibility index (Phi) is 4.15. The van der Waals surface area contributed by atoms with Crippen molar-refractivity contribution in [1.29, 1.82) is 0 Å². The van der Waals surface area contributed by atoms with Crippen LogP contribution in [-0.2, 0) is 0 Å². The van der Waals surface area contributed by atoms with Crippen LogP contribution in [0.15, 0.2) is 41.0 Å². The fourth-order valence-corrected chi connectivity index (χ4v) is 2.60. The van der Waals surface area contributed by atoms with E-state index in [0.29, 0.717) is 0 Å². The minimum Gasteiger partial charge on any atom is -0.308 e. The van der Waals surface area contributed by atoms with E-state index in [-0.39, 0.29) is 6.04 Å². The Bertz CT molecular complexity index is 552. The normalized spacial score (nSPS) is 12.4. The maximum Gasteiger partial charge on any atom is 0.0763 e. The summed E-state index contributed by atoms with van der Waals surface area (Å²) in [6.45, 7) is 4.25.